The summed E-state index contributed by atoms with van der Waals surface area (Å²) in [6, 6.07) is 11.8. The van der Waals surface area contributed by atoms with E-state index < -0.39 is 5.60 Å². The van der Waals surface area contributed by atoms with Crippen molar-refractivity contribution in [3.8, 4) is 0 Å². The van der Waals surface area contributed by atoms with Gasteiger partial charge >= 0.3 is 0 Å². The fraction of sp³-hybridized carbons (Fsp3) is 0.455. The summed E-state index contributed by atoms with van der Waals surface area (Å²) in [7, 11) is 0. The largest absolute Gasteiger partial charge is 0.466 e. The van der Waals surface area contributed by atoms with Gasteiger partial charge in [-0.3, -0.25) is 4.79 Å². The minimum absolute atomic E-state index is 0.0100. The minimum atomic E-state index is -1.13. The predicted octanol–water partition coefficient (Wildman–Crippen LogP) is 2.02. The van der Waals surface area contributed by atoms with Crippen LogP contribution in [0.1, 0.15) is 36.5 Å². The molecule has 0 saturated heterocycles. The number of carbonyl (C=O) groups is 1. The third-order valence-corrected chi connectivity index (χ3v) is 4.52. The average Bonchev–Trinajstić information content (AvgIpc) is 3.04. The second-order valence-electron chi connectivity index (χ2n) is 7.24. The molecule has 0 radical (unpaired) electrons. The number of hydrogen-bond acceptors (Lipinski definition) is 4. The number of benzene rings is 1. The van der Waals surface area contributed by atoms with E-state index >= 15 is 0 Å². The van der Waals surface area contributed by atoms with Gasteiger partial charge in [0.05, 0.1) is 6.54 Å². The normalized spacial score (nSPS) is 13.6. The van der Waals surface area contributed by atoms with Crippen LogP contribution < -0.4 is 16.0 Å². The van der Waals surface area contributed by atoms with Crippen LogP contribution in [0, 0.1) is 13.8 Å². The Morgan fingerprint density at radius 3 is 2.52 bits per heavy atom. The minimum Gasteiger partial charge on any atom is -0.466 e. The van der Waals surface area contributed by atoms with E-state index in [0.717, 1.165) is 17.7 Å². The van der Waals surface area contributed by atoms with Gasteiger partial charge in [-0.15, -0.1) is 0 Å². The van der Waals surface area contributed by atoms with Crippen molar-refractivity contribution in [1.29, 1.82) is 0 Å². The molecule has 7 heteroatoms. The van der Waals surface area contributed by atoms with Gasteiger partial charge in [0, 0.05) is 18.7 Å². The third-order valence-electron chi connectivity index (χ3n) is 4.52. The lowest BCUT2D eigenvalue weighted by Gasteiger charge is -2.24. The van der Waals surface area contributed by atoms with Crippen LogP contribution >= 0.6 is 0 Å². The molecule has 0 spiro atoms. The standard InChI is InChI=1S/C22H32N4O3/c1-5-23-21(26-15-22(4,28)19-13-16(2)29-17(19)3)25-14-20(27)24-12-11-18-9-7-6-8-10-18/h6-10,13,28H,5,11-12,14-15H2,1-4H3,(H,24,27)(H2,23,25,26). The Bertz CT molecular complexity index is 813. The van der Waals surface area contributed by atoms with Crippen LogP contribution in [-0.4, -0.2) is 43.2 Å². The van der Waals surface area contributed by atoms with Gasteiger partial charge in [0.25, 0.3) is 0 Å². The van der Waals surface area contributed by atoms with Crippen molar-refractivity contribution in [1.82, 2.24) is 16.0 Å². The number of amides is 1. The van der Waals surface area contributed by atoms with Crippen LogP contribution in [0.3, 0.4) is 0 Å². The molecule has 2 rings (SSSR count). The van der Waals surface area contributed by atoms with E-state index in [-0.39, 0.29) is 19.0 Å². The highest BCUT2D eigenvalue weighted by Gasteiger charge is 2.27. The summed E-state index contributed by atoms with van der Waals surface area (Å²) in [6.07, 6.45) is 0.779. The van der Waals surface area contributed by atoms with Crippen molar-refractivity contribution in [2.45, 2.75) is 39.7 Å². The van der Waals surface area contributed by atoms with Gasteiger partial charge in [0.15, 0.2) is 5.96 Å². The number of furan rings is 1. The first-order valence-corrected chi connectivity index (χ1v) is 9.94. The first-order chi connectivity index (χ1) is 13.8. The Morgan fingerprint density at radius 2 is 1.90 bits per heavy atom. The molecule has 7 nitrogen and oxygen atoms in total. The molecule has 4 N–H and O–H groups in total. The lowest BCUT2D eigenvalue weighted by atomic mass is 9.96. The SMILES string of the molecule is CCNC(=NCC(=O)NCCc1ccccc1)NCC(C)(O)c1cc(C)oc1C. The first-order valence-electron chi connectivity index (χ1n) is 9.94. The molecule has 29 heavy (non-hydrogen) atoms. The van der Waals surface area contributed by atoms with Crippen molar-refractivity contribution in [3.05, 3.63) is 59.0 Å². The molecule has 0 aliphatic rings. The summed E-state index contributed by atoms with van der Waals surface area (Å²) in [5, 5.41) is 19.9. The molecule has 158 valence electrons. The highest BCUT2D eigenvalue weighted by atomic mass is 16.3. The van der Waals surface area contributed by atoms with Crippen LogP contribution in [0.5, 0.6) is 0 Å². The zero-order valence-electron chi connectivity index (χ0n) is 17.7. The molecular weight excluding hydrogens is 368 g/mol. The number of nitrogens with zero attached hydrogens (tertiary/aromatic N) is 1. The number of rotatable bonds is 9. The molecule has 0 aliphatic carbocycles. The maximum atomic E-state index is 12.1. The number of aliphatic imine (C=N–C) groups is 1. The van der Waals surface area contributed by atoms with E-state index in [1.807, 2.05) is 57.2 Å². The number of nitrogens with one attached hydrogen (secondary N) is 3. The molecule has 0 saturated carbocycles. The van der Waals surface area contributed by atoms with Crippen molar-refractivity contribution in [2.75, 3.05) is 26.2 Å². The fourth-order valence-corrected chi connectivity index (χ4v) is 3.06. The first kappa shape index (κ1) is 22.5. The van der Waals surface area contributed by atoms with Gasteiger partial charge < -0.3 is 25.5 Å². The Labute approximate surface area is 172 Å². The molecule has 0 aliphatic heterocycles. The molecule has 0 fully saturated rings. The number of carbonyl (C=O) groups excluding carboxylic acids is 1. The lowest BCUT2D eigenvalue weighted by Crippen LogP contribution is -2.45. The zero-order chi connectivity index (χ0) is 21.3. The zero-order valence-corrected chi connectivity index (χ0v) is 17.7. The Morgan fingerprint density at radius 1 is 1.17 bits per heavy atom. The number of aliphatic hydroxyl groups is 1. The summed E-state index contributed by atoms with van der Waals surface area (Å²) in [4.78, 5) is 16.4. The van der Waals surface area contributed by atoms with E-state index in [1.54, 1.807) is 6.92 Å². The van der Waals surface area contributed by atoms with Crippen LogP contribution in [0.2, 0.25) is 0 Å². The summed E-state index contributed by atoms with van der Waals surface area (Å²) < 4.78 is 5.52. The van der Waals surface area contributed by atoms with Crippen LogP contribution in [0.15, 0.2) is 45.8 Å². The lowest BCUT2D eigenvalue weighted by molar-refractivity contribution is -0.119. The summed E-state index contributed by atoms with van der Waals surface area (Å²) in [5.41, 5.74) is 0.783. The van der Waals surface area contributed by atoms with E-state index in [2.05, 4.69) is 20.9 Å². The maximum Gasteiger partial charge on any atom is 0.241 e. The second-order valence-corrected chi connectivity index (χ2v) is 7.24. The molecule has 1 atom stereocenters. The Kier molecular flexibility index (Phi) is 8.27. The number of guanidine groups is 1. The van der Waals surface area contributed by atoms with Crippen molar-refractivity contribution < 1.29 is 14.3 Å². The van der Waals surface area contributed by atoms with E-state index in [0.29, 0.717) is 24.8 Å². The topological polar surface area (TPSA) is 98.9 Å². The molecule has 1 heterocycles. The van der Waals surface area contributed by atoms with Gasteiger partial charge in [-0.25, -0.2) is 4.99 Å². The molecule has 1 amide bonds. The van der Waals surface area contributed by atoms with Crippen molar-refractivity contribution >= 4 is 11.9 Å². The van der Waals surface area contributed by atoms with Gasteiger partial charge in [-0.2, -0.15) is 0 Å². The van der Waals surface area contributed by atoms with Crippen molar-refractivity contribution in [2.24, 2.45) is 4.99 Å². The van der Waals surface area contributed by atoms with Gasteiger partial charge in [-0.1, -0.05) is 30.3 Å². The van der Waals surface area contributed by atoms with Gasteiger partial charge in [0.2, 0.25) is 5.91 Å². The molecule has 2 aromatic rings. The smallest absolute Gasteiger partial charge is 0.241 e. The fourth-order valence-electron chi connectivity index (χ4n) is 3.06. The second kappa shape index (κ2) is 10.7. The Hall–Kier alpha value is -2.80. The predicted molar refractivity (Wildman–Crippen MR) is 115 cm³/mol. The van der Waals surface area contributed by atoms with Crippen molar-refractivity contribution in [3.63, 3.8) is 0 Å². The highest BCUT2D eigenvalue weighted by Crippen LogP contribution is 2.26. The summed E-state index contributed by atoms with van der Waals surface area (Å²) >= 11 is 0. The summed E-state index contributed by atoms with van der Waals surface area (Å²) in [5.74, 6) is 1.77. The number of aryl methyl sites for hydroxylation is 2. The summed E-state index contributed by atoms with van der Waals surface area (Å²) in [6.45, 7) is 8.79. The van der Waals surface area contributed by atoms with Gasteiger partial charge in [-0.05, 0) is 45.7 Å². The van der Waals surface area contributed by atoms with Gasteiger partial charge in [0.1, 0.15) is 23.7 Å². The molecule has 0 bridgehead atoms. The molecule has 1 aromatic carbocycles. The van der Waals surface area contributed by atoms with Crippen LogP contribution in [0.25, 0.3) is 0 Å². The number of hydrogen-bond donors (Lipinski definition) is 4. The monoisotopic (exact) mass is 400 g/mol. The van der Waals surface area contributed by atoms with E-state index in [4.69, 9.17) is 4.42 Å². The average molecular weight is 401 g/mol. The van der Waals surface area contributed by atoms with E-state index in [9.17, 15) is 9.90 Å². The third kappa shape index (κ3) is 7.27. The maximum absolute atomic E-state index is 12.1. The quantitative estimate of drug-likeness (QED) is 0.381. The Balaban J connectivity index is 1.85. The van der Waals surface area contributed by atoms with Crippen LogP contribution in [-0.2, 0) is 16.8 Å². The van der Waals surface area contributed by atoms with E-state index in [1.165, 1.54) is 5.56 Å². The molecule has 1 aromatic heterocycles. The molecular formula is C22H32N4O3. The van der Waals surface area contributed by atoms with Crippen LogP contribution in [0.4, 0.5) is 0 Å². The molecule has 1 unspecified atom stereocenters. The highest BCUT2D eigenvalue weighted by molar-refractivity contribution is 5.84.